The van der Waals surface area contributed by atoms with Crippen LogP contribution in [0, 0.1) is 0 Å². The monoisotopic (exact) mass is 605 g/mol. The Hall–Kier alpha value is -5.84. The Bertz CT molecular complexity index is 2510. The third-order valence-corrected chi connectivity index (χ3v) is 9.78. The van der Waals surface area contributed by atoms with Crippen molar-refractivity contribution in [1.82, 2.24) is 14.4 Å². The van der Waals surface area contributed by atoms with Crippen LogP contribution in [0.4, 0.5) is 0 Å². The summed E-state index contributed by atoms with van der Waals surface area (Å²) < 4.78 is 3.69. The summed E-state index contributed by atoms with van der Waals surface area (Å²) in [4.78, 5) is 11.5. The molecule has 3 heterocycles. The van der Waals surface area contributed by atoms with Gasteiger partial charge in [0.15, 0.2) is 5.82 Å². The summed E-state index contributed by atoms with van der Waals surface area (Å²) in [6, 6.07) is 57.7. The highest BCUT2D eigenvalue weighted by molar-refractivity contribution is 7.24. The van der Waals surface area contributed by atoms with E-state index in [-0.39, 0.29) is 0 Å². The zero-order valence-corrected chi connectivity index (χ0v) is 25.7. The van der Waals surface area contributed by atoms with Crippen LogP contribution in [-0.4, -0.2) is 14.4 Å². The molecule has 6 aromatic carbocycles. The van der Waals surface area contributed by atoms with Gasteiger partial charge in [-0.3, -0.25) is 4.40 Å². The van der Waals surface area contributed by atoms with Crippen molar-refractivity contribution < 1.29 is 0 Å². The molecule has 9 aromatic rings. The molecule has 216 valence electrons. The van der Waals surface area contributed by atoms with Crippen LogP contribution in [0.15, 0.2) is 164 Å². The average Bonchev–Trinajstić information content (AvgIpc) is 3.67. The second kappa shape index (κ2) is 11.0. The van der Waals surface area contributed by atoms with Crippen molar-refractivity contribution in [2.75, 3.05) is 0 Å². The summed E-state index contributed by atoms with van der Waals surface area (Å²) >= 11 is 1.85. The molecule has 3 aromatic heterocycles. The molecule has 0 aliphatic carbocycles. The number of aromatic nitrogens is 3. The number of hydrogen-bond acceptors (Lipinski definition) is 3. The highest BCUT2D eigenvalue weighted by atomic mass is 32.1. The van der Waals surface area contributed by atoms with E-state index in [1.807, 2.05) is 35.6 Å². The van der Waals surface area contributed by atoms with Gasteiger partial charge in [-0.25, -0.2) is 9.97 Å². The normalized spacial score (nSPS) is 11.5. The molecule has 0 bridgehead atoms. The van der Waals surface area contributed by atoms with E-state index in [0.717, 1.165) is 28.1 Å². The Morgan fingerprint density at radius 2 is 0.978 bits per heavy atom. The minimum atomic E-state index is 0.715. The zero-order chi connectivity index (χ0) is 30.5. The van der Waals surface area contributed by atoms with Gasteiger partial charge in [0.1, 0.15) is 4.83 Å². The van der Waals surface area contributed by atoms with Crippen molar-refractivity contribution in [2.45, 2.75) is 0 Å². The number of thiazole rings is 1. The first-order valence-electron chi connectivity index (χ1n) is 15.4. The van der Waals surface area contributed by atoms with Crippen LogP contribution in [0.2, 0.25) is 0 Å². The van der Waals surface area contributed by atoms with Crippen molar-refractivity contribution >= 4 is 37.3 Å². The maximum atomic E-state index is 5.13. The lowest BCUT2D eigenvalue weighted by Crippen LogP contribution is -1.96. The first kappa shape index (κ1) is 26.6. The quantitative estimate of drug-likeness (QED) is 0.195. The van der Waals surface area contributed by atoms with Crippen molar-refractivity contribution in [3.8, 4) is 56.2 Å². The second-order valence-electron chi connectivity index (χ2n) is 11.5. The number of hydrogen-bond donors (Lipinski definition) is 0. The van der Waals surface area contributed by atoms with Gasteiger partial charge in [-0.15, -0.1) is 11.3 Å². The number of para-hydroxylation sites is 2. The molecule has 0 atom stereocenters. The van der Waals surface area contributed by atoms with E-state index >= 15 is 0 Å². The molecule has 0 N–H and O–H groups in total. The topological polar surface area (TPSA) is 30.2 Å². The summed E-state index contributed by atoms with van der Waals surface area (Å²) in [6.45, 7) is 0. The van der Waals surface area contributed by atoms with Gasteiger partial charge in [-0.2, -0.15) is 0 Å². The first-order valence-corrected chi connectivity index (χ1v) is 16.2. The van der Waals surface area contributed by atoms with Gasteiger partial charge in [0.2, 0.25) is 0 Å². The molecule has 0 saturated heterocycles. The Labute approximate surface area is 270 Å². The summed E-state index contributed by atoms with van der Waals surface area (Å²) in [5.41, 5.74) is 12.2. The maximum absolute atomic E-state index is 5.13. The fourth-order valence-electron chi connectivity index (χ4n) is 6.42. The molecule has 0 unspecified atom stereocenters. The standard InChI is InChI=1S/C42H27N3S/c1-3-12-28(13-4-1)29-22-24-30(25-23-29)35-27-36(44-41(43-35)31-14-5-2-6-15-31)32-16-11-17-33(26-32)40-34-18-7-8-19-37(34)45-38-20-9-10-21-39(38)46-42(40)45/h1-27H. The average molecular weight is 606 g/mol. The lowest BCUT2D eigenvalue weighted by atomic mass is 9.99. The molecule has 0 aliphatic rings. The molecule has 3 nitrogen and oxygen atoms in total. The number of rotatable bonds is 5. The van der Waals surface area contributed by atoms with E-state index in [1.54, 1.807) is 0 Å². The van der Waals surface area contributed by atoms with E-state index < -0.39 is 0 Å². The SMILES string of the molecule is c1ccc(-c2ccc(-c3cc(-c4cccc(-c5c6ccccc6n6c5sc5ccccc56)c4)nc(-c4ccccc4)n3)cc2)cc1. The smallest absolute Gasteiger partial charge is 0.160 e. The highest BCUT2D eigenvalue weighted by Crippen LogP contribution is 2.43. The van der Waals surface area contributed by atoms with Gasteiger partial charge in [-0.05, 0) is 47.0 Å². The third-order valence-electron chi connectivity index (χ3n) is 8.64. The Kier molecular flexibility index (Phi) is 6.32. The molecule has 0 amide bonds. The van der Waals surface area contributed by atoms with E-state index in [1.165, 1.54) is 48.2 Å². The lowest BCUT2D eigenvalue weighted by molar-refractivity contribution is 1.18. The number of fused-ring (bicyclic) bond motifs is 5. The number of benzene rings is 6. The van der Waals surface area contributed by atoms with Crippen LogP contribution in [0.5, 0.6) is 0 Å². The maximum Gasteiger partial charge on any atom is 0.160 e. The van der Waals surface area contributed by atoms with Crippen LogP contribution in [-0.2, 0) is 0 Å². The fourth-order valence-corrected chi connectivity index (χ4v) is 7.66. The Balaban J connectivity index is 1.21. The fraction of sp³-hybridized carbons (Fsp3) is 0. The molecular formula is C42H27N3S. The Morgan fingerprint density at radius 3 is 1.76 bits per heavy atom. The van der Waals surface area contributed by atoms with Gasteiger partial charge < -0.3 is 0 Å². The lowest BCUT2D eigenvalue weighted by Gasteiger charge is -2.11. The zero-order valence-electron chi connectivity index (χ0n) is 24.8. The van der Waals surface area contributed by atoms with Crippen molar-refractivity contribution in [2.24, 2.45) is 0 Å². The van der Waals surface area contributed by atoms with Crippen LogP contribution in [0.1, 0.15) is 0 Å². The van der Waals surface area contributed by atoms with Gasteiger partial charge in [0.25, 0.3) is 0 Å². The molecule has 46 heavy (non-hydrogen) atoms. The number of nitrogens with zero attached hydrogens (tertiary/aromatic N) is 3. The molecule has 0 fully saturated rings. The Morgan fingerprint density at radius 1 is 0.413 bits per heavy atom. The summed E-state index contributed by atoms with van der Waals surface area (Å²) in [7, 11) is 0. The van der Waals surface area contributed by atoms with Crippen molar-refractivity contribution in [3.05, 3.63) is 164 Å². The summed E-state index contributed by atoms with van der Waals surface area (Å²) in [5.74, 6) is 0.715. The molecule has 9 rings (SSSR count). The summed E-state index contributed by atoms with van der Waals surface area (Å²) in [5, 5.41) is 1.25. The predicted octanol–water partition coefficient (Wildman–Crippen LogP) is 11.4. The highest BCUT2D eigenvalue weighted by Gasteiger charge is 2.19. The minimum absolute atomic E-state index is 0.715. The van der Waals surface area contributed by atoms with Crippen LogP contribution in [0.25, 0.3) is 82.1 Å². The van der Waals surface area contributed by atoms with E-state index in [0.29, 0.717) is 5.82 Å². The molecule has 0 spiro atoms. The van der Waals surface area contributed by atoms with E-state index in [4.69, 9.17) is 9.97 Å². The van der Waals surface area contributed by atoms with Crippen LogP contribution in [0.3, 0.4) is 0 Å². The summed E-state index contributed by atoms with van der Waals surface area (Å²) in [6.07, 6.45) is 0. The third kappa shape index (κ3) is 4.50. The van der Waals surface area contributed by atoms with E-state index in [2.05, 4.69) is 144 Å². The molecule has 0 radical (unpaired) electrons. The van der Waals surface area contributed by atoms with Crippen molar-refractivity contribution in [3.63, 3.8) is 0 Å². The van der Waals surface area contributed by atoms with E-state index in [9.17, 15) is 0 Å². The van der Waals surface area contributed by atoms with Gasteiger partial charge >= 0.3 is 0 Å². The molecule has 0 saturated carbocycles. The van der Waals surface area contributed by atoms with Crippen LogP contribution >= 0.6 is 11.3 Å². The molecule has 4 heteroatoms. The second-order valence-corrected chi connectivity index (χ2v) is 12.5. The van der Waals surface area contributed by atoms with Gasteiger partial charge in [-0.1, -0.05) is 133 Å². The largest absolute Gasteiger partial charge is 0.299 e. The van der Waals surface area contributed by atoms with Gasteiger partial charge in [0, 0.05) is 27.6 Å². The molecule has 0 aliphatic heterocycles. The van der Waals surface area contributed by atoms with Crippen molar-refractivity contribution in [1.29, 1.82) is 0 Å². The van der Waals surface area contributed by atoms with Crippen LogP contribution < -0.4 is 0 Å². The molecular weight excluding hydrogens is 579 g/mol. The first-order chi connectivity index (χ1) is 22.8. The van der Waals surface area contributed by atoms with Gasteiger partial charge in [0.05, 0.1) is 27.1 Å². The minimum Gasteiger partial charge on any atom is -0.299 e. The predicted molar refractivity (Wildman–Crippen MR) is 193 cm³/mol.